The fraction of sp³-hybridized carbons (Fsp3) is 0.250. The molecule has 1 saturated heterocycles. The first kappa shape index (κ1) is 16.9. The highest BCUT2D eigenvalue weighted by atomic mass is 19.1. The number of anilines is 1. The standard InChI is InChI=1S/C20H19FN6O/c1-26-12-14(11-23-26)15-9-16-18(10-17(15)21)24-25-20(16)13-2-3-22-19(8-13)27-4-6-28-7-5-27/h2-3,8-12H,4-7H2,1H3,(H,24,25). The van der Waals surface area contributed by atoms with Crippen LogP contribution in [0.5, 0.6) is 0 Å². The number of fused-ring (bicyclic) bond motifs is 1. The van der Waals surface area contributed by atoms with Gasteiger partial charge in [0.05, 0.1) is 24.9 Å². The number of hydrogen-bond acceptors (Lipinski definition) is 5. The van der Waals surface area contributed by atoms with Crippen molar-refractivity contribution in [2.45, 2.75) is 0 Å². The zero-order valence-corrected chi connectivity index (χ0v) is 15.4. The number of halogens is 1. The predicted octanol–water partition coefficient (Wildman–Crippen LogP) is 3.00. The molecule has 1 aliphatic heterocycles. The maximum atomic E-state index is 14.6. The second-order valence-corrected chi connectivity index (χ2v) is 6.85. The molecule has 0 atom stereocenters. The van der Waals surface area contributed by atoms with Crippen LogP contribution in [0, 0.1) is 5.82 Å². The molecule has 0 unspecified atom stereocenters. The number of ether oxygens (including phenoxy) is 1. The molecule has 0 amide bonds. The molecule has 0 saturated carbocycles. The maximum Gasteiger partial charge on any atom is 0.133 e. The Kier molecular flexibility index (Phi) is 4.05. The Morgan fingerprint density at radius 2 is 2.00 bits per heavy atom. The smallest absolute Gasteiger partial charge is 0.133 e. The molecule has 1 aliphatic rings. The Bertz CT molecular complexity index is 1140. The summed E-state index contributed by atoms with van der Waals surface area (Å²) in [6.45, 7) is 3.03. The first-order valence-electron chi connectivity index (χ1n) is 9.15. The van der Waals surface area contributed by atoms with Gasteiger partial charge in [-0.1, -0.05) is 0 Å². The van der Waals surface area contributed by atoms with Crippen molar-refractivity contribution in [1.29, 1.82) is 0 Å². The van der Waals surface area contributed by atoms with Crippen molar-refractivity contribution in [1.82, 2.24) is 25.0 Å². The lowest BCUT2D eigenvalue weighted by Crippen LogP contribution is -2.36. The Balaban J connectivity index is 1.59. The van der Waals surface area contributed by atoms with E-state index in [9.17, 15) is 4.39 Å². The van der Waals surface area contributed by atoms with Crippen LogP contribution in [-0.2, 0) is 11.8 Å². The molecular formula is C20H19FN6O. The molecule has 5 rings (SSSR count). The lowest BCUT2D eigenvalue weighted by molar-refractivity contribution is 0.122. The number of H-pyrrole nitrogens is 1. The SMILES string of the molecule is Cn1cc(-c2cc3c(-c4ccnc(N5CCOCC5)c4)n[nH]c3cc2F)cn1. The van der Waals surface area contributed by atoms with Gasteiger partial charge in [0, 0.05) is 60.7 Å². The summed E-state index contributed by atoms with van der Waals surface area (Å²) in [7, 11) is 1.81. The number of morpholine rings is 1. The average molecular weight is 378 g/mol. The summed E-state index contributed by atoms with van der Waals surface area (Å²) < 4.78 is 21.7. The van der Waals surface area contributed by atoms with E-state index in [1.165, 1.54) is 6.07 Å². The number of aryl methyl sites for hydroxylation is 1. The molecule has 0 bridgehead atoms. The van der Waals surface area contributed by atoms with Crippen LogP contribution >= 0.6 is 0 Å². The van der Waals surface area contributed by atoms with Crippen molar-refractivity contribution in [3.8, 4) is 22.4 Å². The Labute approximate surface area is 160 Å². The maximum absolute atomic E-state index is 14.6. The van der Waals surface area contributed by atoms with E-state index in [-0.39, 0.29) is 5.82 Å². The third-order valence-corrected chi connectivity index (χ3v) is 5.02. The summed E-state index contributed by atoms with van der Waals surface area (Å²) in [5, 5.41) is 12.4. The number of aromatic nitrogens is 5. The summed E-state index contributed by atoms with van der Waals surface area (Å²) in [6, 6.07) is 7.26. The molecule has 1 aromatic carbocycles. The van der Waals surface area contributed by atoms with Crippen LogP contribution in [0.2, 0.25) is 0 Å². The van der Waals surface area contributed by atoms with E-state index >= 15 is 0 Å². The zero-order chi connectivity index (χ0) is 19.1. The molecular weight excluding hydrogens is 359 g/mol. The molecule has 8 heteroatoms. The van der Waals surface area contributed by atoms with Crippen molar-refractivity contribution in [3.63, 3.8) is 0 Å². The van der Waals surface area contributed by atoms with E-state index in [0.717, 1.165) is 41.1 Å². The van der Waals surface area contributed by atoms with Crippen molar-refractivity contribution < 1.29 is 9.13 Å². The number of hydrogen-bond donors (Lipinski definition) is 1. The van der Waals surface area contributed by atoms with Crippen LogP contribution in [0.1, 0.15) is 0 Å². The molecule has 7 nitrogen and oxygen atoms in total. The largest absolute Gasteiger partial charge is 0.378 e. The van der Waals surface area contributed by atoms with Crippen molar-refractivity contribution in [2.24, 2.45) is 7.05 Å². The van der Waals surface area contributed by atoms with Crippen LogP contribution in [-0.4, -0.2) is 51.3 Å². The summed E-state index contributed by atoms with van der Waals surface area (Å²) in [6.07, 6.45) is 5.24. The molecule has 4 aromatic rings. The van der Waals surface area contributed by atoms with E-state index in [2.05, 4.69) is 25.2 Å². The van der Waals surface area contributed by atoms with Gasteiger partial charge in [-0.15, -0.1) is 0 Å². The van der Waals surface area contributed by atoms with Gasteiger partial charge < -0.3 is 9.64 Å². The van der Waals surface area contributed by atoms with Gasteiger partial charge in [0.2, 0.25) is 0 Å². The fourth-order valence-corrected chi connectivity index (χ4v) is 3.57. The van der Waals surface area contributed by atoms with Crippen LogP contribution in [0.3, 0.4) is 0 Å². The molecule has 1 fully saturated rings. The average Bonchev–Trinajstić information content (AvgIpc) is 3.34. The van der Waals surface area contributed by atoms with E-state index in [1.807, 2.05) is 25.2 Å². The summed E-state index contributed by atoms with van der Waals surface area (Å²) in [4.78, 5) is 6.69. The Morgan fingerprint density at radius 3 is 2.79 bits per heavy atom. The number of aromatic amines is 1. The quantitative estimate of drug-likeness (QED) is 0.593. The molecule has 0 aliphatic carbocycles. The molecule has 0 spiro atoms. The highest BCUT2D eigenvalue weighted by Gasteiger charge is 2.17. The first-order valence-corrected chi connectivity index (χ1v) is 9.15. The van der Waals surface area contributed by atoms with Crippen LogP contribution in [0.15, 0.2) is 42.9 Å². The van der Waals surface area contributed by atoms with Crippen molar-refractivity contribution >= 4 is 16.7 Å². The Hall–Kier alpha value is -3.26. The van der Waals surface area contributed by atoms with Gasteiger partial charge in [0.15, 0.2) is 0 Å². The summed E-state index contributed by atoms with van der Waals surface area (Å²) in [5.74, 6) is 0.589. The van der Waals surface area contributed by atoms with E-state index in [4.69, 9.17) is 4.74 Å². The molecule has 1 N–H and O–H groups in total. The number of pyridine rings is 1. The third kappa shape index (κ3) is 2.91. The van der Waals surface area contributed by atoms with Gasteiger partial charge in [0.25, 0.3) is 0 Å². The van der Waals surface area contributed by atoms with Crippen molar-refractivity contribution in [2.75, 3.05) is 31.2 Å². The minimum Gasteiger partial charge on any atom is -0.378 e. The summed E-state index contributed by atoms with van der Waals surface area (Å²) in [5.41, 5.74) is 3.61. The molecule has 0 radical (unpaired) electrons. The predicted molar refractivity (Wildman–Crippen MR) is 105 cm³/mol. The van der Waals surface area contributed by atoms with E-state index in [0.29, 0.717) is 24.3 Å². The molecule has 3 aromatic heterocycles. The number of benzene rings is 1. The fourth-order valence-electron chi connectivity index (χ4n) is 3.57. The number of rotatable bonds is 3. The Morgan fingerprint density at radius 1 is 1.14 bits per heavy atom. The second-order valence-electron chi connectivity index (χ2n) is 6.85. The number of nitrogens with zero attached hydrogens (tertiary/aromatic N) is 5. The van der Waals surface area contributed by atoms with Gasteiger partial charge >= 0.3 is 0 Å². The zero-order valence-electron chi connectivity index (χ0n) is 15.4. The first-order chi connectivity index (χ1) is 13.7. The summed E-state index contributed by atoms with van der Waals surface area (Å²) >= 11 is 0. The van der Waals surface area contributed by atoms with Crippen LogP contribution < -0.4 is 4.90 Å². The lowest BCUT2D eigenvalue weighted by atomic mass is 10.0. The molecule has 28 heavy (non-hydrogen) atoms. The second kappa shape index (κ2) is 6.72. The molecule has 142 valence electrons. The normalized spacial score (nSPS) is 14.7. The minimum absolute atomic E-state index is 0.306. The van der Waals surface area contributed by atoms with Gasteiger partial charge in [-0.2, -0.15) is 10.2 Å². The van der Waals surface area contributed by atoms with Crippen molar-refractivity contribution in [3.05, 3.63) is 48.7 Å². The monoisotopic (exact) mass is 378 g/mol. The van der Waals surface area contributed by atoms with E-state index in [1.54, 1.807) is 23.3 Å². The van der Waals surface area contributed by atoms with Gasteiger partial charge in [-0.05, 0) is 18.2 Å². The minimum atomic E-state index is -0.306. The molecule has 4 heterocycles. The van der Waals surface area contributed by atoms with Gasteiger partial charge in [0.1, 0.15) is 17.3 Å². The van der Waals surface area contributed by atoms with E-state index < -0.39 is 0 Å². The third-order valence-electron chi connectivity index (χ3n) is 5.02. The lowest BCUT2D eigenvalue weighted by Gasteiger charge is -2.27. The van der Waals surface area contributed by atoms with Gasteiger partial charge in [-0.25, -0.2) is 9.37 Å². The highest BCUT2D eigenvalue weighted by molar-refractivity contribution is 5.96. The topological polar surface area (TPSA) is 71.9 Å². The number of nitrogens with one attached hydrogen (secondary N) is 1. The highest BCUT2D eigenvalue weighted by Crippen LogP contribution is 2.33. The van der Waals surface area contributed by atoms with Gasteiger partial charge in [-0.3, -0.25) is 9.78 Å². The van der Waals surface area contributed by atoms with Crippen LogP contribution in [0.4, 0.5) is 10.2 Å². The van der Waals surface area contributed by atoms with Crippen LogP contribution in [0.25, 0.3) is 33.3 Å².